The maximum Gasteiger partial charge on any atom is 0.323 e. The number of carbonyl (C=O) groups excluding carboxylic acids is 2. The molecular formula is C19H18N2O4S. The Bertz CT molecular complexity index is 839. The number of carboxylic acid groups (broad SMARTS) is 1. The molecule has 0 atom stereocenters. The van der Waals surface area contributed by atoms with Crippen molar-refractivity contribution in [2.45, 2.75) is 11.3 Å². The molecular weight excluding hydrogens is 352 g/mol. The van der Waals surface area contributed by atoms with Crippen LogP contribution in [0, 0.1) is 0 Å². The van der Waals surface area contributed by atoms with Crippen LogP contribution in [0.2, 0.25) is 0 Å². The van der Waals surface area contributed by atoms with E-state index in [9.17, 15) is 14.4 Å². The molecule has 0 bridgehead atoms. The van der Waals surface area contributed by atoms with Crippen molar-refractivity contribution in [2.75, 3.05) is 24.2 Å². The van der Waals surface area contributed by atoms with Crippen LogP contribution in [0.25, 0.3) is 0 Å². The summed E-state index contributed by atoms with van der Waals surface area (Å²) in [7, 11) is 0. The second-order valence-electron chi connectivity index (χ2n) is 5.90. The molecule has 0 fully saturated rings. The molecule has 0 aliphatic carbocycles. The topological polar surface area (TPSA) is 86.7 Å². The van der Waals surface area contributed by atoms with Gasteiger partial charge in [-0.15, -0.1) is 11.8 Å². The van der Waals surface area contributed by atoms with Gasteiger partial charge in [0.05, 0.1) is 11.4 Å². The first-order chi connectivity index (χ1) is 12.5. The van der Waals surface area contributed by atoms with Crippen LogP contribution in [-0.2, 0) is 16.0 Å². The van der Waals surface area contributed by atoms with Crippen LogP contribution >= 0.6 is 11.8 Å². The lowest BCUT2D eigenvalue weighted by atomic mass is 10.1. The quantitative estimate of drug-likeness (QED) is 0.816. The number of rotatable bonds is 6. The Hall–Kier alpha value is -2.80. The number of carbonyl (C=O) groups is 3. The van der Waals surface area contributed by atoms with Gasteiger partial charge >= 0.3 is 5.97 Å². The van der Waals surface area contributed by atoms with E-state index >= 15 is 0 Å². The number of fused-ring (bicyclic) bond motifs is 1. The Labute approximate surface area is 155 Å². The molecule has 0 saturated carbocycles. The van der Waals surface area contributed by atoms with Gasteiger partial charge in [0.15, 0.2) is 0 Å². The fraction of sp³-hybridized carbons (Fsp3) is 0.211. The van der Waals surface area contributed by atoms with Crippen molar-refractivity contribution in [1.29, 1.82) is 0 Å². The van der Waals surface area contributed by atoms with Gasteiger partial charge in [-0.25, -0.2) is 0 Å². The minimum Gasteiger partial charge on any atom is -0.480 e. The molecule has 0 saturated heterocycles. The lowest BCUT2D eigenvalue weighted by Gasteiger charge is -2.22. The van der Waals surface area contributed by atoms with Gasteiger partial charge in [0.25, 0.3) is 5.91 Å². The second-order valence-corrected chi connectivity index (χ2v) is 6.92. The van der Waals surface area contributed by atoms with Gasteiger partial charge in [-0.05, 0) is 30.2 Å². The highest BCUT2D eigenvalue weighted by atomic mass is 32.2. The summed E-state index contributed by atoms with van der Waals surface area (Å²) < 4.78 is 0. The molecule has 2 N–H and O–H groups in total. The zero-order valence-electron chi connectivity index (χ0n) is 14.0. The molecule has 0 radical (unpaired) electrons. The highest BCUT2D eigenvalue weighted by Gasteiger charge is 2.22. The molecule has 1 aliphatic rings. The third-order valence-corrected chi connectivity index (χ3v) is 5.06. The number of hydrogen-bond acceptors (Lipinski definition) is 4. The number of hydrogen-bond donors (Lipinski definition) is 2. The molecule has 7 heteroatoms. The van der Waals surface area contributed by atoms with Crippen molar-refractivity contribution < 1.29 is 19.5 Å². The highest BCUT2D eigenvalue weighted by molar-refractivity contribution is 8.00. The number of carboxylic acids is 1. The van der Waals surface area contributed by atoms with Crippen LogP contribution in [0.1, 0.15) is 15.9 Å². The third kappa shape index (κ3) is 4.43. The molecule has 0 aromatic heterocycles. The summed E-state index contributed by atoms with van der Waals surface area (Å²) in [6.07, 6.45) is 0.567. The van der Waals surface area contributed by atoms with E-state index in [0.717, 1.165) is 10.5 Å². The Morgan fingerprint density at radius 2 is 1.92 bits per heavy atom. The van der Waals surface area contributed by atoms with E-state index in [0.29, 0.717) is 30.0 Å². The Morgan fingerprint density at radius 1 is 1.15 bits per heavy atom. The number of benzene rings is 2. The molecule has 2 amide bonds. The summed E-state index contributed by atoms with van der Waals surface area (Å²) >= 11 is 1.41. The third-order valence-electron chi connectivity index (χ3n) is 3.99. The van der Waals surface area contributed by atoms with Crippen LogP contribution in [0.5, 0.6) is 0 Å². The van der Waals surface area contributed by atoms with E-state index in [4.69, 9.17) is 5.11 Å². The van der Waals surface area contributed by atoms with Crippen LogP contribution in [0.15, 0.2) is 53.4 Å². The first-order valence-corrected chi connectivity index (χ1v) is 9.13. The zero-order valence-corrected chi connectivity index (χ0v) is 14.8. The average Bonchev–Trinajstić information content (AvgIpc) is 2.64. The van der Waals surface area contributed by atoms with Crippen molar-refractivity contribution in [3.8, 4) is 0 Å². The first kappa shape index (κ1) is 18.0. The van der Waals surface area contributed by atoms with Gasteiger partial charge < -0.3 is 15.3 Å². The van der Waals surface area contributed by atoms with Gasteiger partial charge in [-0.1, -0.05) is 30.3 Å². The minimum absolute atomic E-state index is 0.112. The van der Waals surface area contributed by atoms with Crippen LogP contribution in [0.3, 0.4) is 0 Å². The Kier molecular flexibility index (Phi) is 5.58. The minimum atomic E-state index is -1.06. The summed E-state index contributed by atoms with van der Waals surface area (Å²) in [6.45, 7) is -0.0722. The molecule has 2 aromatic carbocycles. The van der Waals surface area contributed by atoms with E-state index in [1.165, 1.54) is 16.7 Å². The van der Waals surface area contributed by atoms with E-state index in [-0.39, 0.29) is 18.4 Å². The molecule has 0 unspecified atom stereocenters. The fourth-order valence-corrected chi connectivity index (χ4v) is 3.51. The molecule has 26 heavy (non-hydrogen) atoms. The van der Waals surface area contributed by atoms with Crippen LogP contribution in [-0.4, -0.2) is 46.6 Å². The molecule has 6 nitrogen and oxygen atoms in total. The van der Waals surface area contributed by atoms with Crippen LogP contribution < -0.4 is 5.32 Å². The number of aliphatic carboxylic acids is 1. The predicted octanol–water partition coefficient (Wildman–Crippen LogP) is 2.50. The van der Waals surface area contributed by atoms with Crippen molar-refractivity contribution in [1.82, 2.24) is 4.90 Å². The zero-order chi connectivity index (χ0) is 18.5. The molecule has 2 aromatic rings. The second kappa shape index (κ2) is 8.05. The van der Waals surface area contributed by atoms with E-state index in [1.807, 2.05) is 30.3 Å². The lowest BCUT2D eigenvalue weighted by molar-refractivity contribution is -0.137. The smallest absolute Gasteiger partial charge is 0.323 e. The standard InChI is InChI=1S/C19H18N2O4S/c22-17-12-26-16-7-6-14(10-15(16)20-17)19(25)21(11-18(23)24)9-8-13-4-2-1-3-5-13/h1-7,10H,8-9,11-12H2,(H,20,22)(H,23,24). The summed E-state index contributed by atoms with van der Waals surface area (Å²) in [5.41, 5.74) is 1.99. The number of amides is 2. The summed E-state index contributed by atoms with van der Waals surface area (Å²) in [4.78, 5) is 37.7. The van der Waals surface area contributed by atoms with Gasteiger partial charge in [0.2, 0.25) is 5.91 Å². The first-order valence-electron chi connectivity index (χ1n) is 8.14. The fourth-order valence-electron chi connectivity index (χ4n) is 2.72. The molecule has 1 aliphatic heterocycles. The largest absolute Gasteiger partial charge is 0.480 e. The lowest BCUT2D eigenvalue weighted by Crippen LogP contribution is -2.37. The Balaban J connectivity index is 1.77. The number of nitrogens with one attached hydrogen (secondary N) is 1. The summed E-state index contributed by atoms with van der Waals surface area (Å²) in [6, 6.07) is 14.7. The molecule has 3 rings (SSSR count). The number of anilines is 1. The Morgan fingerprint density at radius 3 is 2.65 bits per heavy atom. The van der Waals surface area contributed by atoms with E-state index < -0.39 is 5.97 Å². The maximum atomic E-state index is 12.8. The summed E-state index contributed by atoms with van der Waals surface area (Å²) in [5, 5.41) is 11.9. The van der Waals surface area contributed by atoms with Gasteiger partial charge in [-0.2, -0.15) is 0 Å². The number of thioether (sulfide) groups is 1. The SMILES string of the molecule is O=C(O)CN(CCc1ccccc1)C(=O)c1ccc2c(c1)NC(=O)CS2. The van der Waals surface area contributed by atoms with Gasteiger partial charge in [0.1, 0.15) is 6.54 Å². The van der Waals surface area contributed by atoms with Crippen molar-refractivity contribution >= 4 is 35.2 Å². The van der Waals surface area contributed by atoms with Crippen molar-refractivity contribution in [3.63, 3.8) is 0 Å². The number of nitrogens with zero attached hydrogens (tertiary/aromatic N) is 1. The van der Waals surface area contributed by atoms with Crippen LogP contribution in [0.4, 0.5) is 5.69 Å². The van der Waals surface area contributed by atoms with Crippen molar-refractivity contribution in [3.05, 3.63) is 59.7 Å². The average molecular weight is 370 g/mol. The monoisotopic (exact) mass is 370 g/mol. The van der Waals surface area contributed by atoms with Gasteiger partial charge in [0, 0.05) is 17.0 Å². The van der Waals surface area contributed by atoms with Gasteiger partial charge in [-0.3, -0.25) is 14.4 Å². The molecule has 134 valence electrons. The van der Waals surface area contributed by atoms with E-state index in [2.05, 4.69) is 5.32 Å². The van der Waals surface area contributed by atoms with Crippen molar-refractivity contribution in [2.24, 2.45) is 0 Å². The predicted molar refractivity (Wildman–Crippen MR) is 99.5 cm³/mol. The van der Waals surface area contributed by atoms with E-state index in [1.54, 1.807) is 18.2 Å². The highest BCUT2D eigenvalue weighted by Crippen LogP contribution is 2.32. The molecule has 1 heterocycles. The normalized spacial score (nSPS) is 12.8. The summed E-state index contributed by atoms with van der Waals surface area (Å²) in [5.74, 6) is -1.19. The molecule has 0 spiro atoms. The maximum absolute atomic E-state index is 12.8.